The average molecular weight is 695 g/mol. The fourth-order valence-corrected chi connectivity index (χ4v) is 5.25. The van der Waals surface area contributed by atoms with Crippen molar-refractivity contribution in [3.05, 3.63) is 74.1 Å². The number of urea groups is 1. The van der Waals surface area contributed by atoms with Crippen LogP contribution in [-0.2, 0) is 4.74 Å². The number of hydrogen-bond donors (Lipinski definition) is 4. The van der Waals surface area contributed by atoms with E-state index in [9.17, 15) is 14.3 Å². The van der Waals surface area contributed by atoms with Gasteiger partial charge in [0.15, 0.2) is 0 Å². The molecule has 1 fully saturated rings. The minimum atomic E-state index is -0.628. The lowest BCUT2D eigenvalue weighted by atomic mass is 10.1. The molecule has 10 nitrogen and oxygen atoms in total. The van der Waals surface area contributed by atoms with Crippen molar-refractivity contribution in [2.75, 3.05) is 23.8 Å². The zero-order valence-electron chi connectivity index (χ0n) is 20.4. The third-order valence-corrected chi connectivity index (χ3v) is 7.27. The molecule has 0 aliphatic carbocycles. The molecule has 1 atom stereocenters. The largest absolute Gasteiger partial charge is 0.506 e. The second-order valence-electron chi connectivity index (χ2n) is 8.60. The molecule has 4 aromatic rings. The predicted molar refractivity (Wildman–Crippen MR) is 157 cm³/mol. The van der Waals surface area contributed by atoms with Crippen molar-refractivity contribution in [1.82, 2.24) is 15.4 Å². The number of aromatic nitrogens is 2. The third-order valence-electron chi connectivity index (χ3n) is 5.77. The van der Waals surface area contributed by atoms with Gasteiger partial charge >= 0.3 is 6.03 Å². The van der Waals surface area contributed by atoms with Gasteiger partial charge in [0, 0.05) is 23.6 Å². The van der Waals surface area contributed by atoms with Gasteiger partial charge in [-0.05, 0) is 73.8 Å². The number of amides is 2. The van der Waals surface area contributed by atoms with E-state index in [-0.39, 0.29) is 16.9 Å². The van der Waals surface area contributed by atoms with E-state index < -0.39 is 11.8 Å². The number of aromatic hydroxyl groups is 1. The molecule has 0 spiro atoms. The summed E-state index contributed by atoms with van der Waals surface area (Å²) in [4.78, 5) is 21.5. The quantitative estimate of drug-likeness (QED) is 0.125. The molecule has 2 heterocycles. The average Bonchev–Trinajstić information content (AvgIpc) is 3.43. The SMILES string of the molecule is O=C(N/N=C/c1cc(Br)c(O)c(Br)c1)Nc1cc2c(Nc3ccc(F)c(Cl)c3)ncnc2cc1O[C@H]1CCOC1. The van der Waals surface area contributed by atoms with Crippen LogP contribution in [0.4, 0.5) is 26.4 Å². The van der Waals surface area contributed by atoms with Crippen molar-refractivity contribution in [3.8, 4) is 11.5 Å². The van der Waals surface area contributed by atoms with Gasteiger partial charge in [0.25, 0.3) is 0 Å². The van der Waals surface area contributed by atoms with Crippen LogP contribution in [0.15, 0.2) is 62.8 Å². The molecule has 3 aromatic carbocycles. The normalized spacial score (nSPS) is 14.9. The highest BCUT2D eigenvalue weighted by Gasteiger charge is 2.21. The Balaban J connectivity index is 1.41. The van der Waals surface area contributed by atoms with Gasteiger partial charge in [-0.3, -0.25) is 0 Å². The van der Waals surface area contributed by atoms with E-state index >= 15 is 0 Å². The highest BCUT2D eigenvalue weighted by Crippen LogP contribution is 2.35. The number of hydrogen-bond acceptors (Lipinski definition) is 8. The number of benzene rings is 3. The maximum Gasteiger partial charge on any atom is 0.339 e. The molecule has 5 rings (SSSR count). The minimum Gasteiger partial charge on any atom is -0.506 e. The Morgan fingerprint density at radius 1 is 1.20 bits per heavy atom. The monoisotopic (exact) mass is 692 g/mol. The second-order valence-corrected chi connectivity index (χ2v) is 10.7. The molecule has 1 aromatic heterocycles. The maximum atomic E-state index is 13.6. The number of carbonyl (C=O) groups is 1. The Labute approximate surface area is 249 Å². The summed E-state index contributed by atoms with van der Waals surface area (Å²) >= 11 is 12.4. The molecule has 1 aliphatic rings. The van der Waals surface area contributed by atoms with E-state index in [0.717, 1.165) is 0 Å². The molecule has 1 saturated heterocycles. The number of nitrogens with zero attached hydrogens (tertiary/aromatic N) is 3. The number of nitrogens with one attached hydrogen (secondary N) is 3. The van der Waals surface area contributed by atoms with Crippen molar-refractivity contribution in [2.45, 2.75) is 12.5 Å². The van der Waals surface area contributed by atoms with Crippen LogP contribution >= 0.6 is 43.5 Å². The van der Waals surface area contributed by atoms with E-state index in [1.54, 1.807) is 24.3 Å². The molecule has 0 unspecified atom stereocenters. The van der Waals surface area contributed by atoms with E-state index in [2.05, 4.69) is 63.0 Å². The van der Waals surface area contributed by atoms with Crippen LogP contribution in [0, 0.1) is 5.82 Å². The maximum absolute atomic E-state index is 13.6. The highest BCUT2D eigenvalue weighted by molar-refractivity contribution is 9.11. The van der Waals surface area contributed by atoms with Crippen LogP contribution in [0.3, 0.4) is 0 Å². The van der Waals surface area contributed by atoms with Gasteiger partial charge in [-0.1, -0.05) is 11.6 Å². The first-order valence-electron chi connectivity index (χ1n) is 11.8. The number of anilines is 3. The summed E-state index contributed by atoms with van der Waals surface area (Å²) in [5, 5.41) is 20.2. The Morgan fingerprint density at radius 2 is 2.00 bits per heavy atom. The Hall–Kier alpha value is -3.52. The molecular weight excluding hydrogens is 675 g/mol. The number of ether oxygens (including phenoxy) is 2. The minimum absolute atomic E-state index is 0.0376. The van der Waals surface area contributed by atoms with Gasteiger partial charge in [-0.15, -0.1) is 0 Å². The van der Waals surface area contributed by atoms with Crippen molar-refractivity contribution in [3.63, 3.8) is 0 Å². The molecule has 2 amide bonds. The standard InChI is InChI=1S/C26H20Br2ClFN6O4/c27-17-5-13(6-18(28)24(17)37)10-33-36-26(38)35-22-8-16-21(9-23(22)40-15-3-4-39-11-15)31-12-32-25(16)34-14-1-2-20(30)19(29)7-14/h1-2,5-10,12,15,37H,3-4,11H2,(H,31,32,34)(H2,35,36,38)/b33-10+/t15-/m0/s1. The van der Waals surface area contributed by atoms with Crippen LogP contribution in [0.25, 0.3) is 10.9 Å². The molecule has 4 N–H and O–H groups in total. The van der Waals surface area contributed by atoms with Gasteiger partial charge in [-0.25, -0.2) is 24.6 Å². The number of rotatable bonds is 7. The van der Waals surface area contributed by atoms with E-state index in [4.69, 9.17) is 21.1 Å². The molecule has 0 radical (unpaired) electrons. The number of hydrazone groups is 1. The van der Waals surface area contributed by atoms with Crippen LogP contribution in [0.5, 0.6) is 11.5 Å². The third kappa shape index (κ3) is 6.61. The van der Waals surface area contributed by atoms with Gasteiger partial charge in [0.1, 0.15) is 35.6 Å². The molecule has 1 aliphatic heterocycles. The fraction of sp³-hybridized carbons (Fsp3) is 0.154. The smallest absolute Gasteiger partial charge is 0.339 e. The molecule has 0 bridgehead atoms. The van der Waals surface area contributed by atoms with Gasteiger partial charge in [0.2, 0.25) is 0 Å². The van der Waals surface area contributed by atoms with Crippen LogP contribution in [-0.4, -0.2) is 46.6 Å². The Kier molecular flexibility index (Phi) is 8.64. The van der Waals surface area contributed by atoms with Gasteiger partial charge in [-0.2, -0.15) is 5.10 Å². The lowest BCUT2D eigenvalue weighted by Gasteiger charge is -2.18. The van der Waals surface area contributed by atoms with Crippen LogP contribution in [0.2, 0.25) is 5.02 Å². The van der Waals surface area contributed by atoms with Crippen LogP contribution < -0.4 is 20.8 Å². The molecule has 14 heteroatoms. The van der Waals surface area contributed by atoms with Crippen LogP contribution in [0.1, 0.15) is 12.0 Å². The molecule has 0 saturated carbocycles. The summed E-state index contributed by atoms with van der Waals surface area (Å²) in [5.74, 6) is 0.319. The van der Waals surface area contributed by atoms with Gasteiger partial charge < -0.3 is 25.2 Å². The summed E-state index contributed by atoms with van der Waals surface area (Å²) in [6.07, 6.45) is 3.32. The predicted octanol–water partition coefficient (Wildman–Crippen LogP) is 6.72. The zero-order valence-corrected chi connectivity index (χ0v) is 24.3. The second kappa shape index (κ2) is 12.3. The number of fused-ring (bicyclic) bond motifs is 1. The first-order chi connectivity index (χ1) is 19.3. The number of carbonyl (C=O) groups excluding carboxylic acids is 1. The first kappa shape index (κ1) is 28.0. The number of halogens is 4. The van der Waals surface area contributed by atoms with Crippen molar-refractivity contribution < 1.29 is 23.8 Å². The van der Waals surface area contributed by atoms with Crippen molar-refractivity contribution in [1.29, 1.82) is 0 Å². The number of phenols is 1. The first-order valence-corrected chi connectivity index (χ1v) is 13.8. The fourth-order valence-electron chi connectivity index (χ4n) is 3.85. The summed E-state index contributed by atoms with van der Waals surface area (Å²) in [7, 11) is 0. The number of phenolic OH excluding ortho intramolecular Hbond substituents is 1. The van der Waals surface area contributed by atoms with Gasteiger partial charge in [0.05, 0.1) is 44.6 Å². The lowest BCUT2D eigenvalue weighted by Crippen LogP contribution is -2.25. The summed E-state index contributed by atoms with van der Waals surface area (Å²) < 4.78 is 26.1. The Morgan fingerprint density at radius 3 is 2.73 bits per heavy atom. The van der Waals surface area contributed by atoms with E-state index in [0.29, 0.717) is 68.0 Å². The zero-order chi connectivity index (χ0) is 28.2. The van der Waals surface area contributed by atoms with Crippen molar-refractivity contribution in [2.24, 2.45) is 5.10 Å². The molecular formula is C26H20Br2ClFN6O4. The summed E-state index contributed by atoms with van der Waals surface area (Å²) in [6.45, 7) is 1.00. The molecule has 206 valence electrons. The van der Waals surface area contributed by atoms with Crippen molar-refractivity contribution >= 4 is 83.8 Å². The lowest BCUT2D eigenvalue weighted by molar-refractivity contribution is 0.142. The summed E-state index contributed by atoms with van der Waals surface area (Å²) in [5.41, 5.74) is 4.45. The van der Waals surface area contributed by atoms with E-state index in [1.807, 2.05) is 0 Å². The van der Waals surface area contributed by atoms with E-state index in [1.165, 1.54) is 30.7 Å². The highest BCUT2D eigenvalue weighted by atomic mass is 79.9. The topological polar surface area (TPSA) is 130 Å². The molecule has 40 heavy (non-hydrogen) atoms. The Bertz CT molecular complexity index is 1600. The summed E-state index contributed by atoms with van der Waals surface area (Å²) in [6, 6.07) is 10.2.